The van der Waals surface area contributed by atoms with E-state index in [1.807, 2.05) is 13.8 Å². The summed E-state index contributed by atoms with van der Waals surface area (Å²) in [4.78, 5) is 0. The Morgan fingerprint density at radius 1 is 1.14 bits per heavy atom. The summed E-state index contributed by atoms with van der Waals surface area (Å²) in [6.07, 6.45) is 4.48. The normalized spacial score (nSPS) is 12.6. The average molecular weight is 218 g/mol. The predicted molar refractivity (Wildman–Crippen MR) is 60.7 cm³/mol. The lowest BCUT2D eigenvalue weighted by Crippen LogP contribution is -2.22. The third-order valence-electron chi connectivity index (χ3n) is 1.56. The molecule has 0 amide bonds. The van der Waals surface area contributed by atoms with Crippen LogP contribution < -0.4 is 0 Å². The molecule has 0 aliphatic carbocycles. The van der Waals surface area contributed by atoms with E-state index >= 15 is 0 Å². The molecule has 0 aliphatic heterocycles. The van der Waals surface area contributed by atoms with Gasteiger partial charge in [-0.1, -0.05) is 25.1 Å². The van der Waals surface area contributed by atoms with Crippen molar-refractivity contribution < 1.29 is 13.9 Å². The number of hydrogen-bond donors (Lipinski definition) is 0. The SMILES string of the molecule is CCCC=C[SiH2]OC(OCC)OCC. The monoisotopic (exact) mass is 218 g/mol. The van der Waals surface area contributed by atoms with Crippen molar-refractivity contribution in [3.8, 4) is 0 Å². The molecule has 0 rings (SSSR count). The van der Waals surface area contributed by atoms with Gasteiger partial charge in [0.25, 0.3) is 6.48 Å². The lowest BCUT2D eigenvalue weighted by molar-refractivity contribution is -0.242. The lowest BCUT2D eigenvalue weighted by Gasteiger charge is -2.16. The van der Waals surface area contributed by atoms with Crippen molar-refractivity contribution in [1.82, 2.24) is 0 Å². The first-order chi connectivity index (χ1) is 6.85. The van der Waals surface area contributed by atoms with Crippen molar-refractivity contribution in [3.63, 3.8) is 0 Å². The largest absolute Gasteiger partial charge is 0.374 e. The number of hydrogen-bond acceptors (Lipinski definition) is 3. The van der Waals surface area contributed by atoms with Crippen molar-refractivity contribution in [2.45, 2.75) is 40.1 Å². The Kier molecular flexibility index (Phi) is 10.8. The van der Waals surface area contributed by atoms with E-state index in [0.717, 1.165) is 6.42 Å². The van der Waals surface area contributed by atoms with Crippen molar-refractivity contribution in [2.75, 3.05) is 13.2 Å². The van der Waals surface area contributed by atoms with Gasteiger partial charge >= 0.3 is 0 Å². The third kappa shape index (κ3) is 8.44. The summed E-state index contributed by atoms with van der Waals surface area (Å²) in [6, 6.07) is 0. The highest BCUT2D eigenvalue weighted by atomic mass is 28.2. The highest BCUT2D eigenvalue weighted by Crippen LogP contribution is 1.96. The van der Waals surface area contributed by atoms with Gasteiger partial charge in [0.2, 0.25) is 0 Å². The molecule has 0 unspecified atom stereocenters. The number of unbranched alkanes of at least 4 members (excludes halogenated alkanes) is 1. The second-order valence-electron chi connectivity index (χ2n) is 2.79. The summed E-state index contributed by atoms with van der Waals surface area (Å²) in [5.74, 6) is 0. The van der Waals surface area contributed by atoms with E-state index in [0.29, 0.717) is 13.2 Å². The molecule has 0 aromatic heterocycles. The van der Waals surface area contributed by atoms with Gasteiger partial charge in [0.15, 0.2) is 9.76 Å². The number of rotatable bonds is 9. The zero-order valence-corrected chi connectivity index (χ0v) is 10.9. The third-order valence-corrected chi connectivity index (χ3v) is 2.55. The van der Waals surface area contributed by atoms with Crippen molar-refractivity contribution >= 4 is 9.76 Å². The van der Waals surface area contributed by atoms with Crippen LogP contribution in [0.4, 0.5) is 0 Å². The summed E-state index contributed by atoms with van der Waals surface area (Å²) in [5.41, 5.74) is 2.13. The molecule has 0 saturated carbocycles. The Balaban J connectivity index is 3.48. The number of ether oxygens (including phenoxy) is 2. The summed E-state index contributed by atoms with van der Waals surface area (Å²) in [5, 5.41) is 0. The van der Waals surface area contributed by atoms with Crippen LogP contribution in [0, 0.1) is 0 Å². The van der Waals surface area contributed by atoms with Gasteiger partial charge in [-0.2, -0.15) is 0 Å². The van der Waals surface area contributed by atoms with Crippen LogP contribution in [-0.2, 0) is 13.9 Å². The molecule has 84 valence electrons. The molecule has 0 atom stereocenters. The van der Waals surface area contributed by atoms with Crippen molar-refractivity contribution in [3.05, 3.63) is 11.8 Å². The summed E-state index contributed by atoms with van der Waals surface area (Å²) in [6.45, 7) is 6.82. The highest BCUT2D eigenvalue weighted by molar-refractivity contribution is 6.34. The van der Waals surface area contributed by atoms with Crippen LogP contribution in [0.25, 0.3) is 0 Å². The van der Waals surface area contributed by atoms with Crippen LogP contribution >= 0.6 is 0 Å². The average Bonchev–Trinajstić information content (AvgIpc) is 2.18. The Labute approximate surface area is 89.4 Å². The van der Waals surface area contributed by atoms with Gasteiger partial charge in [-0.3, -0.25) is 0 Å². The Hall–Kier alpha value is -0.163. The maximum absolute atomic E-state index is 5.48. The second kappa shape index (κ2) is 10.9. The molecule has 0 saturated heterocycles. The maximum atomic E-state index is 5.48. The zero-order valence-electron chi connectivity index (χ0n) is 9.49. The molecule has 0 aromatic carbocycles. The Morgan fingerprint density at radius 2 is 1.79 bits per heavy atom. The molecule has 14 heavy (non-hydrogen) atoms. The van der Waals surface area contributed by atoms with Gasteiger partial charge in [0.05, 0.1) is 0 Å². The minimum atomic E-state index is -0.628. The lowest BCUT2D eigenvalue weighted by atomic mass is 10.3. The molecule has 0 heterocycles. The number of allylic oxidation sites excluding steroid dienone is 1. The van der Waals surface area contributed by atoms with Crippen LogP contribution in [0.3, 0.4) is 0 Å². The van der Waals surface area contributed by atoms with E-state index < -0.39 is 16.2 Å². The van der Waals surface area contributed by atoms with E-state index in [1.165, 1.54) is 6.42 Å². The first kappa shape index (κ1) is 13.8. The molecule has 4 heteroatoms. The molecule has 0 aromatic rings. The van der Waals surface area contributed by atoms with Gasteiger partial charge in [0.1, 0.15) is 0 Å². The first-order valence-electron chi connectivity index (χ1n) is 5.34. The van der Waals surface area contributed by atoms with Crippen LogP contribution in [0.15, 0.2) is 11.8 Å². The van der Waals surface area contributed by atoms with E-state index in [2.05, 4.69) is 18.7 Å². The van der Waals surface area contributed by atoms with E-state index in [1.54, 1.807) is 0 Å². The topological polar surface area (TPSA) is 27.7 Å². The quantitative estimate of drug-likeness (QED) is 0.436. The summed E-state index contributed by atoms with van der Waals surface area (Å²) in [7, 11) is -0.628. The molecule has 0 N–H and O–H groups in total. The van der Waals surface area contributed by atoms with Gasteiger partial charge in [-0.25, -0.2) is 0 Å². The summed E-state index contributed by atoms with van der Waals surface area (Å²) < 4.78 is 16.0. The Bertz CT molecular complexity index is 133. The first-order valence-corrected chi connectivity index (χ1v) is 6.74. The van der Waals surface area contributed by atoms with E-state index in [-0.39, 0.29) is 0 Å². The smallest absolute Gasteiger partial charge is 0.261 e. The molecule has 0 aliphatic rings. The molecule has 0 spiro atoms. The van der Waals surface area contributed by atoms with Gasteiger partial charge in [0, 0.05) is 13.2 Å². The fourth-order valence-electron chi connectivity index (χ4n) is 0.903. The van der Waals surface area contributed by atoms with Gasteiger partial charge in [-0.15, -0.1) is 0 Å². The standard InChI is InChI=1S/C10H22O3Si/c1-4-7-8-9-14-13-10(11-5-2)12-6-3/h8-10H,4-7,14H2,1-3H3. The molecular weight excluding hydrogens is 196 g/mol. The minimum Gasteiger partial charge on any atom is -0.374 e. The second-order valence-corrected chi connectivity index (χ2v) is 3.93. The van der Waals surface area contributed by atoms with Crippen LogP contribution in [0.1, 0.15) is 33.6 Å². The van der Waals surface area contributed by atoms with Crippen molar-refractivity contribution in [1.29, 1.82) is 0 Å². The molecular formula is C10H22O3Si. The highest BCUT2D eigenvalue weighted by Gasteiger charge is 2.05. The Morgan fingerprint density at radius 3 is 2.29 bits per heavy atom. The molecule has 0 radical (unpaired) electrons. The van der Waals surface area contributed by atoms with Crippen LogP contribution in [0.5, 0.6) is 0 Å². The molecule has 0 fully saturated rings. The molecule has 0 bridgehead atoms. The zero-order chi connectivity index (χ0) is 10.6. The van der Waals surface area contributed by atoms with Gasteiger partial charge in [-0.05, 0) is 20.3 Å². The fraction of sp³-hybridized carbons (Fsp3) is 0.800. The van der Waals surface area contributed by atoms with Crippen molar-refractivity contribution in [2.24, 2.45) is 0 Å². The molecule has 3 nitrogen and oxygen atoms in total. The minimum absolute atomic E-state index is 0.456. The van der Waals surface area contributed by atoms with E-state index in [4.69, 9.17) is 13.9 Å². The summed E-state index contributed by atoms with van der Waals surface area (Å²) >= 11 is 0. The van der Waals surface area contributed by atoms with Crippen LogP contribution in [0.2, 0.25) is 0 Å². The van der Waals surface area contributed by atoms with E-state index in [9.17, 15) is 0 Å². The predicted octanol–water partition coefficient (Wildman–Crippen LogP) is 1.76. The van der Waals surface area contributed by atoms with Gasteiger partial charge < -0.3 is 13.9 Å². The van der Waals surface area contributed by atoms with Crippen LogP contribution in [-0.4, -0.2) is 29.5 Å². The maximum Gasteiger partial charge on any atom is 0.261 e. The fourth-order valence-corrected chi connectivity index (χ4v) is 1.74.